The fourth-order valence-corrected chi connectivity index (χ4v) is 2.65. The van der Waals surface area contributed by atoms with Crippen molar-refractivity contribution >= 4 is 23.2 Å². The number of anilines is 1. The van der Waals surface area contributed by atoms with Crippen molar-refractivity contribution in [2.24, 2.45) is 0 Å². The molecule has 0 unspecified atom stereocenters. The van der Waals surface area contributed by atoms with E-state index in [2.05, 4.69) is 20.5 Å². The fourth-order valence-electron chi connectivity index (χ4n) is 1.98. The lowest BCUT2D eigenvalue weighted by Crippen LogP contribution is -2.13. The minimum atomic E-state index is -0.302. The molecular weight excluding hydrogens is 328 g/mol. The fraction of sp³-hybridized carbons (Fsp3) is 0.188. The first-order chi connectivity index (χ1) is 11.8. The summed E-state index contributed by atoms with van der Waals surface area (Å²) >= 11 is 1.54. The van der Waals surface area contributed by atoms with E-state index in [9.17, 15) is 4.79 Å². The first kappa shape index (κ1) is 16.2. The molecule has 3 rings (SSSR count). The van der Waals surface area contributed by atoms with E-state index in [-0.39, 0.29) is 11.9 Å². The molecule has 0 saturated carbocycles. The molecule has 0 bridgehead atoms. The van der Waals surface area contributed by atoms with Gasteiger partial charge in [-0.3, -0.25) is 15.2 Å². The van der Waals surface area contributed by atoms with Crippen LogP contribution in [-0.2, 0) is 4.74 Å². The number of methoxy groups -OCH3 is 1. The minimum absolute atomic E-state index is 0.231. The highest BCUT2D eigenvalue weighted by Crippen LogP contribution is 2.21. The number of hydrogen-bond acceptors (Lipinski definition) is 6. The van der Waals surface area contributed by atoms with E-state index in [1.54, 1.807) is 42.7 Å². The average molecular weight is 344 g/mol. The Balaban J connectivity index is 1.65. The Bertz CT molecular complexity index is 801. The summed E-state index contributed by atoms with van der Waals surface area (Å²) in [5.74, 6) is 1.16. The van der Waals surface area contributed by atoms with Crippen LogP contribution in [0.15, 0.2) is 41.8 Å². The van der Waals surface area contributed by atoms with E-state index >= 15 is 0 Å². The molecule has 0 aliphatic carbocycles. The molecule has 0 radical (unpaired) electrons. The second-order valence-corrected chi connectivity index (χ2v) is 5.76. The van der Waals surface area contributed by atoms with Gasteiger partial charge in [0.05, 0.1) is 11.5 Å². The van der Waals surface area contributed by atoms with E-state index < -0.39 is 0 Å². The molecule has 8 heteroatoms. The maximum atomic E-state index is 12.3. The predicted octanol–water partition coefficient (Wildman–Crippen LogP) is 2.81. The van der Waals surface area contributed by atoms with Crippen molar-refractivity contribution in [3.63, 3.8) is 0 Å². The zero-order valence-corrected chi connectivity index (χ0v) is 13.8. The van der Waals surface area contributed by atoms with Gasteiger partial charge >= 0.3 is 0 Å². The second kappa shape index (κ2) is 7.71. The third-order valence-electron chi connectivity index (χ3n) is 3.12. The van der Waals surface area contributed by atoms with Crippen LogP contribution >= 0.6 is 11.3 Å². The van der Waals surface area contributed by atoms with Gasteiger partial charge in [-0.1, -0.05) is 12.1 Å². The van der Waals surface area contributed by atoms with Crippen molar-refractivity contribution in [2.75, 3.05) is 25.6 Å². The summed E-state index contributed by atoms with van der Waals surface area (Å²) in [4.78, 5) is 17.5. The molecule has 7 nitrogen and oxygen atoms in total. The van der Waals surface area contributed by atoms with E-state index in [1.807, 2.05) is 17.5 Å². The number of hydrogen-bond donors (Lipinski definition) is 2. The van der Waals surface area contributed by atoms with Crippen LogP contribution in [-0.4, -0.2) is 41.4 Å². The molecule has 3 aromatic rings. The number of nitrogens with one attached hydrogen (secondary N) is 2. The van der Waals surface area contributed by atoms with Crippen molar-refractivity contribution in [3.8, 4) is 16.5 Å². The lowest BCUT2D eigenvalue weighted by atomic mass is 10.2. The average Bonchev–Trinajstić information content (AvgIpc) is 3.26. The standard InChI is InChI=1S/C16H16N4O3S/c1-22-7-8-23-12-5-2-4-11(10-12)15(21)18-16-17-14(19-20-16)13-6-3-9-24-13/h2-6,9-10H,7-8H2,1H3,(H2,17,18,19,20,21). The van der Waals surface area contributed by atoms with Gasteiger partial charge < -0.3 is 9.47 Å². The normalized spacial score (nSPS) is 10.5. The monoisotopic (exact) mass is 344 g/mol. The van der Waals surface area contributed by atoms with Crippen LogP contribution in [0.25, 0.3) is 10.7 Å². The van der Waals surface area contributed by atoms with E-state index in [0.717, 1.165) is 4.88 Å². The number of thiophene rings is 1. The third kappa shape index (κ3) is 3.98. The summed E-state index contributed by atoms with van der Waals surface area (Å²) in [5.41, 5.74) is 0.465. The number of aromatic amines is 1. The number of benzene rings is 1. The molecule has 0 aliphatic heterocycles. The maximum Gasteiger partial charge on any atom is 0.258 e. The Hall–Kier alpha value is -2.71. The number of carbonyl (C=O) groups is 1. The molecule has 0 saturated heterocycles. The zero-order valence-electron chi connectivity index (χ0n) is 13.0. The van der Waals surface area contributed by atoms with Crippen molar-refractivity contribution in [1.82, 2.24) is 15.2 Å². The smallest absolute Gasteiger partial charge is 0.258 e. The Morgan fingerprint density at radius 3 is 3.00 bits per heavy atom. The van der Waals surface area contributed by atoms with Gasteiger partial charge in [0, 0.05) is 12.7 Å². The van der Waals surface area contributed by atoms with E-state index in [0.29, 0.717) is 30.4 Å². The Labute approximate surface area is 142 Å². The van der Waals surface area contributed by atoms with Crippen LogP contribution in [0, 0.1) is 0 Å². The molecule has 24 heavy (non-hydrogen) atoms. The summed E-state index contributed by atoms with van der Waals surface area (Å²) in [6.45, 7) is 0.909. The van der Waals surface area contributed by atoms with Crippen LogP contribution in [0.4, 0.5) is 5.95 Å². The van der Waals surface area contributed by atoms with Crippen molar-refractivity contribution in [2.45, 2.75) is 0 Å². The molecule has 124 valence electrons. The SMILES string of the molecule is COCCOc1cccc(C(=O)Nc2n[nH]c(-c3cccs3)n2)c1. The lowest BCUT2D eigenvalue weighted by Gasteiger charge is -2.07. The molecule has 2 aromatic heterocycles. The third-order valence-corrected chi connectivity index (χ3v) is 3.99. The number of amides is 1. The van der Waals surface area contributed by atoms with Gasteiger partial charge in [-0.05, 0) is 29.6 Å². The van der Waals surface area contributed by atoms with Crippen LogP contribution in [0.1, 0.15) is 10.4 Å². The molecule has 0 aliphatic rings. The first-order valence-electron chi connectivity index (χ1n) is 7.25. The van der Waals surface area contributed by atoms with Gasteiger partial charge in [0.1, 0.15) is 12.4 Å². The largest absolute Gasteiger partial charge is 0.491 e. The molecule has 2 N–H and O–H groups in total. The number of ether oxygens (including phenoxy) is 2. The molecule has 2 heterocycles. The predicted molar refractivity (Wildman–Crippen MR) is 91.5 cm³/mol. The molecule has 1 aromatic carbocycles. The second-order valence-electron chi connectivity index (χ2n) is 4.81. The quantitative estimate of drug-likeness (QED) is 0.643. The van der Waals surface area contributed by atoms with Crippen LogP contribution < -0.4 is 10.1 Å². The van der Waals surface area contributed by atoms with Gasteiger partial charge in [-0.15, -0.1) is 16.4 Å². The summed E-state index contributed by atoms with van der Waals surface area (Å²) in [6, 6.07) is 10.8. The summed E-state index contributed by atoms with van der Waals surface area (Å²) in [6.07, 6.45) is 0. The van der Waals surface area contributed by atoms with Crippen molar-refractivity contribution < 1.29 is 14.3 Å². The summed E-state index contributed by atoms with van der Waals surface area (Å²) in [7, 11) is 1.61. The van der Waals surface area contributed by atoms with E-state index in [1.165, 1.54) is 0 Å². The highest BCUT2D eigenvalue weighted by molar-refractivity contribution is 7.13. The highest BCUT2D eigenvalue weighted by Gasteiger charge is 2.12. The van der Waals surface area contributed by atoms with Crippen LogP contribution in [0.2, 0.25) is 0 Å². The lowest BCUT2D eigenvalue weighted by molar-refractivity contribution is 0.102. The Morgan fingerprint density at radius 2 is 2.21 bits per heavy atom. The molecule has 0 atom stereocenters. The summed E-state index contributed by atoms with van der Waals surface area (Å²) < 4.78 is 10.4. The van der Waals surface area contributed by atoms with Gasteiger partial charge in [0.15, 0.2) is 5.82 Å². The van der Waals surface area contributed by atoms with Gasteiger partial charge in [-0.25, -0.2) is 0 Å². The molecule has 0 fully saturated rings. The van der Waals surface area contributed by atoms with Crippen LogP contribution in [0.5, 0.6) is 5.75 Å². The summed E-state index contributed by atoms with van der Waals surface area (Å²) in [5, 5.41) is 11.4. The minimum Gasteiger partial charge on any atom is -0.491 e. The van der Waals surface area contributed by atoms with E-state index in [4.69, 9.17) is 9.47 Å². The van der Waals surface area contributed by atoms with Crippen molar-refractivity contribution in [3.05, 3.63) is 47.3 Å². The molecule has 0 spiro atoms. The number of aromatic nitrogens is 3. The number of rotatable bonds is 7. The van der Waals surface area contributed by atoms with Gasteiger partial charge in [0.2, 0.25) is 5.95 Å². The molecular formula is C16H16N4O3S. The Morgan fingerprint density at radius 1 is 1.29 bits per heavy atom. The number of nitrogens with zero attached hydrogens (tertiary/aromatic N) is 2. The molecule has 1 amide bonds. The zero-order chi connectivity index (χ0) is 16.8. The number of H-pyrrole nitrogens is 1. The maximum absolute atomic E-state index is 12.3. The first-order valence-corrected chi connectivity index (χ1v) is 8.13. The van der Waals surface area contributed by atoms with Gasteiger partial charge in [-0.2, -0.15) is 4.98 Å². The van der Waals surface area contributed by atoms with Crippen molar-refractivity contribution in [1.29, 1.82) is 0 Å². The topological polar surface area (TPSA) is 89.1 Å². The van der Waals surface area contributed by atoms with Crippen LogP contribution in [0.3, 0.4) is 0 Å². The highest BCUT2D eigenvalue weighted by atomic mass is 32.1. The Kier molecular flexibility index (Phi) is 5.19. The number of carbonyl (C=O) groups excluding carboxylic acids is 1. The van der Waals surface area contributed by atoms with Gasteiger partial charge in [0.25, 0.3) is 5.91 Å².